The van der Waals surface area contributed by atoms with E-state index in [1.807, 2.05) is 0 Å². The van der Waals surface area contributed by atoms with E-state index in [9.17, 15) is 17.4 Å². The molecule has 2 rings (SSSR count). The summed E-state index contributed by atoms with van der Waals surface area (Å²) in [6.07, 6.45) is -2.69. The molecule has 0 saturated carbocycles. The predicted molar refractivity (Wildman–Crippen MR) is 108 cm³/mol. The first-order valence-corrected chi connectivity index (χ1v) is 10.2. The molecule has 0 radical (unpaired) electrons. The lowest BCUT2D eigenvalue weighted by Crippen LogP contribution is -2.33. The monoisotopic (exact) mass is 453 g/mol. The van der Waals surface area contributed by atoms with Crippen LogP contribution >= 0.6 is 23.2 Å². The molecule has 0 amide bonds. The number of halogens is 5. The number of hydrogen-bond donors (Lipinski definition) is 1. The summed E-state index contributed by atoms with van der Waals surface area (Å²) in [5.41, 5.74) is 0.978. The molecule has 154 valence electrons. The second-order valence-electron chi connectivity index (χ2n) is 6.97. The first-order valence-electron chi connectivity index (χ1n) is 8.33. The van der Waals surface area contributed by atoms with Crippen LogP contribution in [0.5, 0.6) is 5.75 Å². The van der Waals surface area contributed by atoms with Crippen LogP contribution < -0.4 is 9.46 Å². The molecule has 1 atom stereocenters. The summed E-state index contributed by atoms with van der Waals surface area (Å²) in [7, 11) is -1.35. The fourth-order valence-electron chi connectivity index (χ4n) is 2.29. The molecule has 0 aliphatic rings. The molecule has 1 unspecified atom stereocenters. The Morgan fingerprint density at radius 2 is 1.86 bits per heavy atom. The van der Waals surface area contributed by atoms with Gasteiger partial charge in [-0.2, -0.15) is 0 Å². The van der Waals surface area contributed by atoms with Crippen LogP contribution in [0, 0.1) is 5.82 Å². The van der Waals surface area contributed by atoms with Crippen molar-refractivity contribution in [2.45, 2.75) is 38.5 Å². The molecule has 0 fully saturated rings. The average molecular weight is 454 g/mol. The highest BCUT2D eigenvalue weighted by molar-refractivity contribution is 7.84. The maximum atomic E-state index is 14.6. The quantitative estimate of drug-likeness (QED) is 0.558. The van der Waals surface area contributed by atoms with Gasteiger partial charge in [0.2, 0.25) is 0 Å². The Kier molecular flexibility index (Phi) is 7.79. The zero-order chi connectivity index (χ0) is 21.1. The number of benzene rings is 2. The van der Waals surface area contributed by atoms with Crippen molar-refractivity contribution >= 4 is 34.2 Å². The van der Waals surface area contributed by atoms with Crippen molar-refractivity contribution in [2.24, 2.45) is 0 Å². The summed E-state index contributed by atoms with van der Waals surface area (Å²) in [5, 5.41) is 0.311. The third-order valence-electron chi connectivity index (χ3n) is 3.68. The molecule has 9 heteroatoms. The Balaban J connectivity index is 2.31. The first kappa shape index (κ1) is 23.0. The molecule has 28 heavy (non-hydrogen) atoms. The van der Waals surface area contributed by atoms with Gasteiger partial charge in [0.15, 0.2) is 0 Å². The number of rotatable bonds is 7. The van der Waals surface area contributed by atoms with Gasteiger partial charge < -0.3 is 4.74 Å². The van der Waals surface area contributed by atoms with Gasteiger partial charge in [-0.25, -0.2) is 22.1 Å². The fourth-order valence-corrected chi connectivity index (χ4v) is 3.55. The van der Waals surface area contributed by atoms with Crippen LogP contribution in [0.1, 0.15) is 26.3 Å². The van der Waals surface area contributed by atoms with E-state index < -0.39 is 34.6 Å². The first-order chi connectivity index (χ1) is 13.0. The van der Waals surface area contributed by atoms with Crippen LogP contribution in [0.25, 0.3) is 11.1 Å². The molecule has 2 aromatic carbocycles. The van der Waals surface area contributed by atoms with E-state index in [0.717, 1.165) is 0 Å². The van der Waals surface area contributed by atoms with Crippen molar-refractivity contribution in [3.63, 3.8) is 0 Å². The molecule has 2 aromatic rings. The van der Waals surface area contributed by atoms with Gasteiger partial charge in [0.1, 0.15) is 18.2 Å². The van der Waals surface area contributed by atoms with Crippen LogP contribution in [0.2, 0.25) is 10.0 Å². The SMILES string of the molecule is CC(C)(C)S(=O)NCc1ccc(-c2cc(Cl)cc(Cl)c2OCC(F)F)cc1F. The molecule has 0 aliphatic carbocycles. The van der Waals surface area contributed by atoms with Gasteiger partial charge in [-0.1, -0.05) is 35.3 Å². The largest absolute Gasteiger partial charge is 0.485 e. The number of hydrogen-bond acceptors (Lipinski definition) is 2. The highest BCUT2D eigenvalue weighted by Gasteiger charge is 2.20. The lowest BCUT2D eigenvalue weighted by molar-refractivity contribution is 0.0822. The third kappa shape index (κ3) is 6.11. The molecule has 3 nitrogen and oxygen atoms in total. The molecule has 0 saturated heterocycles. The Bertz CT molecular complexity index is 873. The van der Waals surface area contributed by atoms with Crippen molar-refractivity contribution in [3.8, 4) is 16.9 Å². The van der Waals surface area contributed by atoms with E-state index in [2.05, 4.69) is 4.72 Å². The Labute approximate surface area is 174 Å². The summed E-state index contributed by atoms with van der Waals surface area (Å²) >= 11 is 12.1. The van der Waals surface area contributed by atoms with Gasteiger partial charge in [-0.3, -0.25) is 0 Å². The van der Waals surface area contributed by atoms with E-state index in [1.165, 1.54) is 24.3 Å². The minimum atomic E-state index is -2.69. The summed E-state index contributed by atoms with van der Waals surface area (Å²) in [6, 6.07) is 7.17. The van der Waals surface area contributed by atoms with E-state index in [4.69, 9.17) is 27.9 Å². The maximum absolute atomic E-state index is 14.6. The number of alkyl halides is 2. The van der Waals surface area contributed by atoms with Gasteiger partial charge in [-0.05, 0) is 44.5 Å². The molecule has 1 N–H and O–H groups in total. The van der Waals surface area contributed by atoms with Crippen LogP contribution in [0.15, 0.2) is 30.3 Å². The molecular weight excluding hydrogens is 434 g/mol. The summed E-state index contributed by atoms with van der Waals surface area (Å²) in [4.78, 5) is 0. The second-order valence-corrected chi connectivity index (χ2v) is 9.87. The van der Waals surface area contributed by atoms with Crippen LogP contribution in [-0.4, -0.2) is 22.0 Å². The predicted octanol–water partition coefficient (Wildman–Crippen LogP) is 6.00. The summed E-state index contributed by atoms with van der Waals surface area (Å²) in [5.74, 6) is -0.544. The maximum Gasteiger partial charge on any atom is 0.272 e. The van der Waals surface area contributed by atoms with E-state index in [0.29, 0.717) is 16.7 Å². The van der Waals surface area contributed by atoms with E-state index in [1.54, 1.807) is 26.8 Å². The molecule has 0 spiro atoms. The minimum Gasteiger partial charge on any atom is -0.485 e. The smallest absolute Gasteiger partial charge is 0.272 e. The highest BCUT2D eigenvalue weighted by atomic mass is 35.5. The van der Waals surface area contributed by atoms with Crippen LogP contribution in [0.4, 0.5) is 13.2 Å². The Morgan fingerprint density at radius 3 is 2.43 bits per heavy atom. The van der Waals surface area contributed by atoms with Gasteiger partial charge in [-0.15, -0.1) is 0 Å². The Morgan fingerprint density at radius 1 is 1.18 bits per heavy atom. The third-order valence-corrected chi connectivity index (χ3v) is 5.69. The average Bonchev–Trinajstić information content (AvgIpc) is 2.57. The van der Waals surface area contributed by atoms with Crippen molar-refractivity contribution in [1.29, 1.82) is 0 Å². The van der Waals surface area contributed by atoms with Crippen LogP contribution in [0.3, 0.4) is 0 Å². The second kappa shape index (κ2) is 9.48. The van der Waals surface area contributed by atoms with Gasteiger partial charge in [0, 0.05) is 22.7 Å². The minimum absolute atomic E-state index is 0.00507. The van der Waals surface area contributed by atoms with Crippen LogP contribution in [-0.2, 0) is 17.5 Å². The molecule has 0 bridgehead atoms. The van der Waals surface area contributed by atoms with Gasteiger partial charge in [0.05, 0.1) is 20.8 Å². The van der Waals surface area contributed by atoms with Gasteiger partial charge in [0.25, 0.3) is 6.43 Å². The number of nitrogens with one attached hydrogen (secondary N) is 1. The van der Waals surface area contributed by atoms with Gasteiger partial charge >= 0.3 is 0 Å². The standard InChI is InChI=1S/C19H20Cl2F3NO2S/c1-19(2,3)28(26)25-9-12-5-4-11(6-16(12)22)14-7-13(20)8-15(21)18(14)27-10-17(23)24/h4-8,17,25H,9-10H2,1-3H3. The Hall–Kier alpha value is -1.28. The highest BCUT2D eigenvalue weighted by Crippen LogP contribution is 2.39. The normalized spacial score (nSPS) is 13.0. The molecule has 0 aromatic heterocycles. The summed E-state index contributed by atoms with van der Waals surface area (Å²) in [6.45, 7) is 4.64. The van der Waals surface area contributed by atoms with E-state index in [-0.39, 0.29) is 22.3 Å². The molecule has 0 heterocycles. The summed E-state index contributed by atoms with van der Waals surface area (Å²) < 4.78 is 59.1. The zero-order valence-electron chi connectivity index (χ0n) is 15.5. The van der Waals surface area contributed by atoms with E-state index >= 15 is 0 Å². The topological polar surface area (TPSA) is 38.3 Å². The molecular formula is C19H20Cl2F3NO2S. The van der Waals surface area contributed by atoms with Crippen molar-refractivity contribution < 1.29 is 22.1 Å². The lowest BCUT2D eigenvalue weighted by Gasteiger charge is -2.18. The van der Waals surface area contributed by atoms with Crippen molar-refractivity contribution in [1.82, 2.24) is 4.72 Å². The van der Waals surface area contributed by atoms with Crippen molar-refractivity contribution in [3.05, 3.63) is 51.8 Å². The molecule has 0 aliphatic heterocycles. The lowest BCUT2D eigenvalue weighted by atomic mass is 10.0. The fraction of sp³-hybridized carbons (Fsp3) is 0.368. The number of ether oxygens (including phenoxy) is 1. The zero-order valence-corrected chi connectivity index (χ0v) is 17.8. The van der Waals surface area contributed by atoms with Crippen molar-refractivity contribution in [2.75, 3.05) is 6.61 Å².